The van der Waals surface area contributed by atoms with Gasteiger partial charge in [-0.25, -0.2) is 4.39 Å². The summed E-state index contributed by atoms with van der Waals surface area (Å²) in [4.78, 5) is 14.5. The maximum Gasteiger partial charge on any atom is 0.303 e. The second-order valence-corrected chi connectivity index (χ2v) is 4.64. The fourth-order valence-electron chi connectivity index (χ4n) is 1.71. The fourth-order valence-corrected chi connectivity index (χ4v) is 1.94. The van der Waals surface area contributed by atoms with Crippen molar-refractivity contribution in [2.45, 2.75) is 25.7 Å². The van der Waals surface area contributed by atoms with Gasteiger partial charge in [0.25, 0.3) is 0 Å². The standard InChI is InChI=1S/C13H12ClFN2O3/c14-9-3-1-4-10(15)8(9)7-11-16-12(20-17-11)5-2-6-13(18)19/h1,3-4H,2,5-7H2,(H,18,19). The number of hydrogen-bond acceptors (Lipinski definition) is 4. The molecule has 0 saturated carbocycles. The first-order valence-electron chi connectivity index (χ1n) is 6.02. The number of carboxylic acids is 1. The number of aryl methyl sites for hydroxylation is 1. The molecule has 0 spiro atoms. The van der Waals surface area contributed by atoms with Gasteiger partial charge < -0.3 is 9.63 Å². The lowest BCUT2D eigenvalue weighted by atomic mass is 10.1. The van der Waals surface area contributed by atoms with Crippen molar-refractivity contribution in [3.8, 4) is 0 Å². The lowest BCUT2D eigenvalue weighted by Gasteiger charge is -2.01. The number of benzene rings is 1. The number of aliphatic carboxylic acids is 1. The predicted octanol–water partition coefficient (Wildman–Crippen LogP) is 2.86. The summed E-state index contributed by atoms with van der Waals surface area (Å²) in [7, 11) is 0. The molecule has 20 heavy (non-hydrogen) atoms. The van der Waals surface area contributed by atoms with Crippen molar-refractivity contribution >= 4 is 17.6 Å². The molecule has 2 aromatic rings. The normalized spacial score (nSPS) is 10.7. The van der Waals surface area contributed by atoms with E-state index in [9.17, 15) is 9.18 Å². The van der Waals surface area contributed by atoms with Crippen LogP contribution in [0.25, 0.3) is 0 Å². The Morgan fingerprint density at radius 3 is 2.95 bits per heavy atom. The van der Waals surface area contributed by atoms with Gasteiger partial charge >= 0.3 is 5.97 Å². The summed E-state index contributed by atoms with van der Waals surface area (Å²) in [5.74, 6) is -0.631. The molecule has 1 aromatic carbocycles. The van der Waals surface area contributed by atoms with Gasteiger partial charge in [-0.2, -0.15) is 4.98 Å². The van der Waals surface area contributed by atoms with Crippen LogP contribution in [0.4, 0.5) is 4.39 Å². The maximum atomic E-state index is 13.6. The Labute approximate surface area is 119 Å². The summed E-state index contributed by atoms with van der Waals surface area (Å²) < 4.78 is 18.6. The zero-order chi connectivity index (χ0) is 14.5. The Morgan fingerprint density at radius 2 is 2.25 bits per heavy atom. The monoisotopic (exact) mass is 298 g/mol. The molecule has 0 radical (unpaired) electrons. The number of nitrogens with zero attached hydrogens (tertiary/aromatic N) is 2. The fraction of sp³-hybridized carbons (Fsp3) is 0.308. The van der Waals surface area contributed by atoms with Gasteiger partial charge in [0.15, 0.2) is 5.82 Å². The molecule has 0 fully saturated rings. The minimum atomic E-state index is -0.872. The van der Waals surface area contributed by atoms with Crippen LogP contribution in [0.2, 0.25) is 5.02 Å². The third-order valence-corrected chi connectivity index (χ3v) is 3.04. The molecule has 0 amide bonds. The van der Waals surface area contributed by atoms with E-state index in [1.807, 2.05) is 0 Å². The van der Waals surface area contributed by atoms with Crippen LogP contribution in [0, 0.1) is 5.82 Å². The zero-order valence-corrected chi connectivity index (χ0v) is 11.2. The molecule has 0 aliphatic carbocycles. The van der Waals surface area contributed by atoms with E-state index in [0.717, 1.165) is 0 Å². The molecule has 0 aliphatic rings. The van der Waals surface area contributed by atoms with Crippen molar-refractivity contribution in [2.24, 2.45) is 0 Å². The van der Waals surface area contributed by atoms with Gasteiger partial charge in [-0.1, -0.05) is 22.8 Å². The van der Waals surface area contributed by atoms with E-state index in [4.69, 9.17) is 21.2 Å². The van der Waals surface area contributed by atoms with E-state index >= 15 is 0 Å². The molecule has 0 bridgehead atoms. The maximum absolute atomic E-state index is 13.6. The van der Waals surface area contributed by atoms with Gasteiger partial charge in [0.1, 0.15) is 5.82 Å². The highest BCUT2D eigenvalue weighted by molar-refractivity contribution is 6.31. The molecule has 106 valence electrons. The van der Waals surface area contributed by atoms with Crippen LogP contribution in [0.3, 0.4) is 0 Å². The van der Waals surface area contributed by atoms with E-state index in [-0.39, 0.29) is 12.8 Å². The van der Waals surface area contributed by atoms with Crippen molar-refractivity contribution < 1.29 is 18.8 Å². The Morgan fingerprint density at radius 1 is 1.45 bits per heavy atom. The number of halogens is 2. The number of aromatic nitrogens is 2. The predicted molar refractivity (Wildman–Crippen MR) is 69.1 cm³/mol. The minimum absolute atomic E-state index is 0.0385. The third kappa shape index (κ3) is 3.77. The second-order valence-electron chi connectivity index (χ2n) is 4.23. The highest BCUT2D eigenvalue weighted by atomic mass is 35.5. The first kappa shape index (κ1) is 14.5. The van der Waals surface area contributed by atoms with E-state index in [0.29, 0.717) is 35.1 Å². The van der Waals surface area contributed by atoms with Gasteiger partial charge in [0.05, 0.1) is 0 Å². The van der Waals surface area contributed by atoms with Gasteiger partial charge in [-0.05, 0) is 18.6 Å². The van der Waals surface area contributed by atoms with E-state index in [2.05, 4.69) is 10.1 Å². The van der Waals surface area contributed by atoms with Crippen LogP contribution < -0.4 is 0 Å². The quantitative estimate of drug-likeness (QED) is 0.887. The number of carboxylic acid groups (broad SMARTS) is 1. The summed E-state index contributed by atoms with van der Waals surface area (Å²) in [6.07, 6.45) is 0.965. The summed E-state index contributed by atoms with van der Waals surface area (Å²) in [6.45, 7) is 0. The summed E-state index contributed by atoms with van der Waals surface area (Å²) >= 11 is 5.91. The molecule has 7 heteroatoms. The van der Waals surface area contributed by atoms with Gasteiger partial charge in [-0.15, -0.1) is 0 Å². The second kappa shape index (κ2) is 6.47. The van der Waals surface area contributed by atoms with Gasteiger partial charge in [0, 0.05) is 29.8 Å². The van der Waals surface area contributed by atoms with Crippen LogP contribution in [0.15, 0.2) is 22.7 Å². The van der Waals surface area contributed by atoms with Crippen molar-refractivity contribution in [1.29, 1.82) is 0 Å². The van der Waals surface area contributed by atoms with Gasteiger partial charge in [-0.3, -0.25) is 4.79 Å². The lowest BCUT2D eigenvalue weighted by Crippen LogP contribution is -1.97. The van der Waals surface area contributed by atoms with Crippen molar-refractivity contribution in [3.63, 3.8) is 0 Å². The first-order chi connectivity index (χ1) is 9.56. The van der Waals surface area contributed by atoms with E-state index in [1.54, 1.807) is 6.07 Å². The van der Waals surface area contributed by atoms with Gasteiger partial charge in [0.2, 0.25) is 5.89 Å². The largest absolute Gasteiger partial charge is 0.481 e. The molecule has 1 N–H and O–H groups in total. The number of hydrogen-bond donors (Lipinski definition) is 1. The third-order valence-electron chi connectivity index (χ3n) is 2.69. The molecule has 5 nitrogen and oxygen atoms in total. The molecular formula is C13H12ClFN2O3. The van der Waals surface area contributed by atoms with Crippen molar-refractivity contribution in [3.05, 3.63) is 46.3 Å². The molecule has 2 rings (SSSR count). The molecule has 0 atom stereocenters. The summed E-state index contributed by atoms with van der Waals surface area (Å²) in [5, 5.41) is 12.6. The smallest absolute Gasteiger partial charge is 0.303 e. The Kier molecular flexibility index (Phi) is 4.68. The van der Waals surface area contributed by atoms with Crippen LogP contribution in [0.5, 0.6) is 0 Å². The molecule has 0 aliphatic heterocycles. The first-order valence-corrected chi connectivity index (χ1v) is 6.40. The molecule has 0 saturated heterocycles. The van der Waals surface area contributed by atoms with Crippen LogP contribution in [0.1, 0.15) is 30.1 Å². The SMILES string of the molecule is O=C(O)CCCc1nc(Cc2c(F)cccc2Cl)no1. The molecule has 1 aromatic heterocycles. The van der Waals surface area contributed by atoms with Crippen molar-refractivity contribution in [1.82, 2.24) is 10.1 Å². The van der Waals surface area contributed by atoms with E-state index in [1.165, 1.54) is 12.1 Å². The average Bonchev–Trinajstić information content (AvgIpc) is 2.81. The highest BCUT2D eigenvalue weighted by Gasteiger charge is 2.13. The summed E-state index contributed by atoms with van der Waals surface area (Å²) in [5.41, 5.74) is 0.312. The Bertz CT molecular complexity index is 595. The van der Waals surface area contributed by atoms with E-state index < -0.39 is 11.8 Å². The number of rotatable bonds is 6. The number of carbonyl (C=O) groups is 1. The molecular weight excluding hydrogens is 287 g/mol. The highest BCUT2D eigenvalue weighted by Crippen LogP contribution is 2.21. The molecule has 1 heterocycles. The van der Waals surface area contributed by atoms with Crippen LogP contribution >= 0.6 is 11.6 Å². The Hall–Kier alpha value is -1.95. The molecule has 0 unspecified atom stereocenters. The topological polar surface area (TPSA) is 76.2 Å². The minimum Gasteiger partial charge on any atom is -0.481 e. The van der Waals surface area contributed by atoms with Crippen molar-refractivity contribution in [2.75, 3.05) is 0 Å². The zero-order valence-electron chi connectivity index (χ0n) is 10.5. The Balaban J connectivity index is 2.01. The lowest BCUT2D eigenvalue weighted by molar-refractivity contribution is -0.137. The summed E-state index contributed by atoms with van der Waals surface area (Å²) in [6, 6.07) is 4.43. The average molecular weight is 299 g/mol. The van der Waals surface area contributed by atoms with Crippen LogP contribution in [-0.2, 0) is 17.6 Å². The van der Waals surface area contributed by atoms with Crippen LogP contribution in [-0.4, -0.2) is 21.2 Å².